The number of carboxylic acid groups (broad SMARTS) is 1. The van der Waals surface area contributed by atoms with Crippen LogP contribution in [0.4, 0.5) is 23.7 Å². The second-order valence-electron chi connectivity index (χ2n) is 6.52. The van der Waals surface area contributed by atoms with Crippen LogP contribution in [0.25, 0.3) is 0 Å². The number of nitrogens with one attached hydrogen (secondary N) is 3. The number of carbonyl (C=O) groups is 2. The first kappa shape index (κ1) is 24.7. The SMILES string of the molecule is O=C(Nc1ccc(Cl)cc1)N[C@@H]1CCNC[C@H]1c1ccc(Cl)cn1.O=C(O)C(F)(F)F. The summed E-state index contributed by atoms with van der Waals surface area (Å²) in [6, 6.07) is 10.5. The van der Waals surface area contributed by atoms with Crippen molar-refractivity contribution in [3.05, 3.63) is 58.3 Å². The third-order valence-electron chi connectivity index (χ3n) is 4.27. The fourth-order valence-corrected chi connectivity index (χ4v) is 3.06. The molecule has 1 aliphatic rings. The first-order valence-electron chi connectivity index (χ1n) is 9.01. The molecule has 0 unspecified atom stereocenters. The zero-order chi connectivity index (χ0) is 23.0. The predicted molar refractivity (Wildman–Crippen MR) is 111 cm³/mol. The van der Waals surface area contributed by atoms with E-state index in [1.807, 2.05) is 12.1 Å². The van der Waals surface area contributed by atoms with Crippen LogP contribution in [-0.4, -0.2) is 47.4 Å². The molecule has 2 atom stereocenters. The quantitative estimate of drug-likeness (QED) is 0.526. The molecule has 1 aromatic heterocycles. The van der Waals surface area contributed by atoms with Gasteiger partial charge in [-0.1, -0.05) is 23.2 Å². The molecule has 4 N–H and O–H groups in total. The van der Waals surface area contributed by atoms with Gasteiger partial charge in [-0.25, -0.2) is 9.59 Å². The Labute approximate surface area is 185 Å². The van der Waals surface area contributed by atoms with Crippen molar-refractivity contribution in [2.24, 2.45) is 0 Å². The van der Waals surface area contributed by atoms with Gasteiger partial charge in [-0.15, -0.1) is 0 Å². The van der Waals surface area contributed by atoms with Crippen LogP contribution in [0.2, 0.25) is 10.0 Å². The molecular formula is C19H19Cl2F3N4O3. The van der Waals surface area contributed by atoms with Gasteiger partial charge in [-0.3, -0.25) is 4.98 Å². The molecule has 1 aliphatic heterocycles. The molecule has 7 nitrogen and oxygen atoms in total. The van der Waals surface area contributed by atoms with Crippen LogP contribution in [0.15, 0.2) is 42.6 Å². The number of benzene rings is 1. The number of rotatable bonds is 3. The lowest BCUT2D eigenvalue weighted by atomic mass is 9.90. The summed E-state index contributed by atoms with van der Waals surface area (Å²) in [5, 5.41) is 17.6. The highest BCUT2D eigenvalue weighted by Gasteiger charge is 2.38. The standard InChI is InChI=1S/C17H18Cl2N4O.C2HF3O2/c18-11-1-4-13(5-2-11)22-17(24)23-16-7-8-20-10-14(16)15-6-3-12(19)9-21-15;3-2(4,5)1(6)7/h1-6,9,14,16,20H,7-8,10H2,(H2,22,23,24);(H,6,7)/t14-,16+;/m0./s1. The molecule has 1 fully saturated rings. The molecule has 0 spiro atoms. The lowest BCUT2D eigenvalue weighted by molar-refractivity contribution is -0.192. The number of halogens is 5. The first-order valence-corrected chi connectivity index (χ1v) is 9.77. The van der Waals surface area contributed by atoms with Gasteiger partial charge in [0.25, 0.3) is 0 Å². The predicted octanol–water partition coefficient (Wildman–Crippen LogP) is 4.29. The van der Waals surface area contributed by atoms with E-state index in [9.17, 15) is 18.0 Å². The lowest BCUT2D eigenvalue weighted by Crippen LogP contribution is -2.49. The van der Waals surface area contributed by atoms with Gasteiger partial charge < -0.3 is 21.1 Å². The Kier molecular flexibility index (Phi) is 8.90. The van der Waals surface area contributed by atoms with Gasteiger partial charge >= 0.3 is 18.2 Å². The minimum atomic E-state index is -5.08. The van der Waals surface area contributed by atoms with Crippen LogP contribution >= 0.6 is 23.2 Å². The van der Waals surface area contributed by atoms with Gasteiger partial charge in [-0.05, 0) is 49.4 Å². The maximum Gasteiger partial charge on any atom is 0.490 e. The molecule has 0 radical (unpaired) electrons. The third kappa shape index (κ3) is 8.23. The van der Waals surface area contributed by atoms with E-state index in [1.165, 1.54) is 0 Å². The monoisotopic (exact) mass is 478 g/mol. The van der Waals surface area contributed by atoms with Crippen LogP contribution in [-0.2, 0) is 4.79 Å². The maximum absolute atomic E-state index is 12.3. The van der Waals surface area contributed by atoms with E-state index >= 15 is 0 Å². The van der Waals surface area contributed by atoms with E-state index in [0.29, 0.717) is 15.7 Å². The van der Waals surface area contributed by atoms with Gasteiger partial charge in [-0.2, -0.15) is 13.2 Å². The van der Waals surface area contributed by atoms with Gasteiger partial charge in [0.1, 0.15) is 0 Å². The Morgan fingerprint density at radius 1 is 1.10 bits per heavy atom. The number of carbonyl (C=O) groups excluding carboxylic acids is 1. The molecule has 2 heterocycles. The van der Waals surface area contributed by atoms with Gasteiger partial charge in [0.15, 0.2) is 0 Å². The minimum Gasteiger partial charge on any atom is -0.475 e. The number of carboxylic acids is 1. The molecule has 0 saturated carbocycles. The molecule has 168 valence electrons. The van der Waals surface area contributed by atoms with Crippen molar-refractivity contribution in [2.45, 2.75) is 24.6 Å². The minimum absolute atomic E-state index is 0.00669. The summed E-state index contributed by atoms with van der Waals surface area (Å²) >= 11 is 11.8. The number of pyridine rings is 1. The fraction of sp³-hybridized carbons (Fsp3) is 0.316. The molecule has 3 rings (SSSR count). The number of hydrogen-bond acceptors (Lipinski definition) is 4. The smallest absolute Gasteiger partial charge is 0.475 e. The number of hydrogen-bond donors (Lipinski definition) is 4. The highest BCUT2D eigenvalue weighted by Crippen LogP contribution is 2.23. The van der Waals surface area contributed by atoms with Gasteiger partial charge in [0.05, 0.1) is 5.02 Å². The molecule has 2 aromatic rings. The molecule has 0 aliphatic carbocycles. The van der Waals surface area contributed by atoms with E-state index in [1.54, 1.807) is 30.5 Å². The van der Waals surface area contributed by atoms with E-state index in [-0.39, 0.29) is 18.0 Å². The van der Waals surface area contributed by atoms with E-state index in [0.717, 1.165) is 25.2 Å². The van der Waals surface area contributed by atoms with Crippen LogP contribution < -0.4 is 16.0 Å². The Morgan fingerprint density at radius 2 is 1.71 bits per heavy atom. The summed E-state index contributed by atoms with van der Waals surface area (Å²) in [5.74, 6) is -2.65. The van der Waals surface area contributed by atoms with Crippen LogP contribution in [0, 0.1) is 0 Å². The second kappa shape index (κ2) is 11.2. The summed E-state index contributed by atoms with van der Waals surface area (Å²) in [6.45, 7) is 1.62. The van der Waals surface area contributed by atoms with E-state index < -0.39 is 12.1 Å². The fourth-order valence-electron chi connectivity index (χ4n) is 2.82. The summed E-state index contributed by atoms with van der Waals surface area (Å²) in [7, 11) is 0. The normalized spacial score (nSPS) is 18.4. The summed E-state index contributed by atoms with van der Waals surface area (Å²) in [6.07, 6.45) is -2.61. The number of amides is 2. The average Bonchev–Trinajstić information content (AvgIpc) is 2.71. The van der Waals surface area contributed by atoms with E-state index in [2.05, 4.69) is 20.9 Å². The zero-order valence-corrected chi connectivity index (χ0v) is 17.4. The highest BCUT2D eigenvalue weighted by atomic mass is 35.5. The average molecular weight is 479 g/mol. The number of aromatic nitrogens is 1. The van der Waals surface area contributed by atoms with E-state index in [4.69, 9.17) is 33.1 Å². The van der Waals surface area contributed by atoms with Crippen molar-refractivity contribution in [3.63, 3.8) is 0 Å². The van der Waals surface area contributed by atoms with Crippen molar-refractivity contribution < 1.29 is 27.9 Å². The topological polar surface area (TPSA) is 103 Å². The van der Waals surface area contributed by atoms with Gasteiger partial charge in [0, 0.05) is 41.1 Å². The Balaban J connectivity index is 0.000000423. The van der Waals surface area contributed by atoms with Gasteiger partial charge in [0.2, 0.25) is 0 Å². The Hall–Kier alpha value is -2.56. The second-order valence-corrected chi connectivity index (χ2v) is 7.39. The van der Waals surface area contributed by atoms with Crippen molar-refractivity contribution in [2.75, 3.05) is 18.4 Å². The van der Waals surface area contributed by atoms with Crippen molar-refractivity contribution in [3.8, 4) is 0 Å². The number of anilines is 1. The van der Waals surface area contributed by atoms with Crippen LogP contribution in [0.5, 0.6) is 0 Å². The third-order valence-corrected chi connectivity index (χ3v) is 4.75. The molecule has 1 saturated heterocycles. The summed E-state index contributed by atoms with van der Waals surface area (Å²) < 4.78 is 31.7. The number of urea groups is 1. The maximum atomic E-state index is 12.3. The molecular weight excluding hydrogens is 460 g/mol. The van der Waals surface area contributed by atoms with Crippen molar-refractivity contribution in [1.82, 2.24) is 15.6 Å². The summed E-state index contributed by atoms with van der Waals surface area (Å²) in [4.78, 5) is 25.6. The molecule has 0 bridgehead atoms. The van der Waals surface area contributed by atoms with Crippen molar-refractivity contribution in [1.29, 1.82) is 0 Å². The van der Waals surface area contributed by atoms with Crippen molar-refractivity contribution >= 4 is 40.9 Å². The van der Waals surface area contributed by atoms with Crippen LogP contribution in [0.1, 0.15) is 18.0 Å². The zero-order valence-electron chi connectivity index (χ0n) is 15.9. The molecule has 2 amide bonds. The summed E-state index contributed by atoms with van der Waals surface area (Å²) in [5.41, 5.74) is 1.62. The largest absolute Gasteiger partial charge is 0.490 e. The highest BCUT2D eigenvalue weighted by molar-refractivity contribution is 6.30. The molecule has 1 aromatic carbocycles. The molecule has 12 heteroatoms. The lowest BCUT2D eigenvalue weighted by Gasteiger charge is -2.32. The number of piperidine rings is 1. The Bertz CT molecular complexity index is 880. The number of aliphatic carboxylic acids is 1. The number of alkyl halides is 3. The number of nitrogens with zero attached hydrogens (tertiary/aromatic N) is 1. The van der Waals surface area contributed by atoms with Crippen LogP contribution in [0.3, 0.4) is 0 Å². The Morgan fingerprint density at radius 3 is 2.26 bits per heavy atom. The first-order chi connectivity index (χ1) is 14.6. The molecule has 31 heavy (non-hydrogen) atoms.